The number of carboxylic acids is 1. The minimum Gasteiger partial charge on any atom is -0.494 e. The van der Waals surface area contributed by atoms with E-state index in [0.717, 1.165) is 0 Å². The van der Waals surface area contributed by atoms with E-state index in [1.54, 1.807) is 18.2 Å². The van der Waals surface area contributed by atoms with Gasteiger partial charge in [0, 0.05) is 35.1 Å². The summed E-state index contributed by atoms with van der Waals surface area (Å²) in [6, 6.07) is 9.34. The van der Waals surface area contributed by atoms with Crippen LogP contribution in [0.5, 0.6) is 11.5 Å². The molecule has 1 aliphatic carbocycles. The summed E-state index contributed by atoms with van der Waals surface area (Å²) in [6.45, 7) is 1.10. The number of rotatable bonds is 11. The van der Waals surface area contributed by atoms with Crippen LogP contribution in [-0.2, 0) is 14.3 Å². The lowest BCUT2D eigenvalue weighted by Gasteiger charge is -2.19. The first-order valence-electron chi connectivity index (χ1n) is 9.41. The lowest BCUT2D eigenvalue weighted by atomic mass is 9.84. The molecule has 0 fully saturated rings. The van der Waals surface area contributed by atoms with Crippen LogP contribution in [0.4, 0.5) is 0 Å². The summed E-state index contributed by atoms with van der Waals surface area (Å²) in [4.78, 5) is 46.5. The summed E-state index contributed by atoms with van der Waals surface area (Å²) >= 11 is 0. The highest BCUT2D eigenvalue weighted by Crippen LogP contribution is 2.32. The van der Waals surface area contributed by atoms with Gasteiger partial charge in [-0.1, -0.05) is 0 Å². The van der Waals surface area contributed by atoms with Gasteiger partial charge < -0.3 is 19.3 Å². The SMILES string of the molecule is O=COCCCOc1ccc2c(c1)C(=O)c1ccc(OCCCC(=O)O)cc1C2=O. The molecule has 0 spiro atoms. The van der Waals surface area contributed by atoms with Gasteiger partial charge in [0.2, 0.25) is 0 Å². The molecule has 2 aromatic carbocycles. The van der Waals surface area contributed by atoms with Crippen LogP contribution >= 0.6 is 0 Å². The summed E-state index contributed by atoms with van der Waals surface area (Å²) in [6.07, 6.45) is 0.831. The second-order valence-electron chi connectivity index (χ2n) is 6.59. The average Bonchev–Trinajstić information content (AvgIpc) is 2.74. The maximum atomic E-state index is 12.9. The van der Waals surface area contributed by atoms with E-state index in [1.807, 2.05) is 0 Å². The summed E-state index contributed by atoms with van der Waals surface area (Å²) in [5.41, 5.74) is 1.08. The number of carbonyl (C=O) groups is 4. The Morgan fingerprint density at radius 1 is 0.800 bits per heavy atom. The first-order valence-corrected chi connectivity index (χ1v) is 9.41. The van der Waals surface area contributed by atoms with Crippen LogP contribution in [-0.4, -0.2) is 48.9 Å². The van der Waals surface area contributed by atoms with Gasteiger partial charge >= 0.3 is 5.97 Å². The zero-order valence-electron chi connectivity index (χ0n) is 16.1. The number of carboxylic acid groups (broad SMARTS) is 1. The number of fused-ring (bicyclic) bond motifs is 2. The molecule has 0 aromatic heterocycles. The monoisotopic (exact) mass is 412 g/mol. The van der Waals surface area contributed by atoms with Crippen molar-refractivity contribution in [3.8, 4) is 11.5 Å². The second kappa shape index (κ2) is 9.69. The summed E-state index contributed by atoms with van der Waals surface area (Å²) in [5, 5.41) is 8.66. The van der Waals surface area contributed by atoms with Crippen molar-refractivity contribution in [2.45, 2.75) is 19.3 Å². The van der Waals surface area contributed by atoms with Crippen LogP contribution < -0.4 is 9.47 Å². The van der Waals surface area contributed by atoms with Crippen LogP contribution in [0.1, 0.15) is 51.1 Å². The maximum absolute atomic E-state index is 12.9. The van der Waals surface area contributed by atoms with Gasteiger partial charge in [0.1, 0.15) is 11.5 Å². The third-order valence-electron chi connectivity index (χ3n) is 4.51. The topological polar surface area (TPSA) is 116 Å². The van der Waals surface area contributed by atoms with Crippen LogP contribution in [0.2, 0.25) is 0 Å². The number of aliphatic carboxylic acids is 1. The molecule has 0 radical (unpaired) electrons. The third-order valence-corrected chi connectivity index (χ3v) is 4.51. The molecule has 0 saturated heterocycles. The van der Waals surface area contributed by atoms with Crippen molar-refractivity contribution in [3.05, 3.63) is 58.7 Å². The second-order valence-corrected chi connectivity index (χ2v) is 6.59. The molecule has 2 aromatic rings. The Morgan fingerprint density at radius 3 is 1.83 bits per heavy atom. The van der Waals surface area contributed by atoms with E-state index in [4.69, 9.17) is 14.6 Å². The average molecular weight is 412 g/mol. The Hall–Kier alpha value is -3.68. The molecule has 0 atom stereocenters. The Kier molecular flexibility index (Phi) is 6.79. The third kappa shape index (κ3) is 4.83. The van der Waals surface area contributed by atoms with Crippen LogP contribution in [0.15, 0.2) is 36.4 Å². The van der Waals surface area contributed by atoms with Crippen LogP contribution in [0.25, 0.3) is 0 Å². The summed E-state index contributed by atoms with van der Waals surface area (Å²) in [5.74, 6) is -0.628. The van der Waals surface area contributed by atoms with Gasteiger partial charge in [-0.05, 0) is 42.8 Å². The number of ether oxygens (including phenoxy) is 3. The van der Waals surface area contributed by atoms with E-state index in [0.29, 0.717) is 37.4 Å². The molecule has 0 amide bonds. The lowest BCUT2D eigenvalue weighted by molar-refractivity contribution is -0.137. The van der Waals surface area contributed by atoms with Gasteiger partial charge in [0.15, 0.2) is 11.6 Å². The van der Waals surface area contributed by atoms with Gasteiger partial charge in [-0.15, -0.1) is 0 Å². The quantitative estimate of drug-likeness (QED) is 0.377. The van der Waals surface area contributed by atoms with Gasteiger partial charge in [0.25, 0.3) is 6.47 Å². The number of ketones is 2. The van der Waals surface area contributed by atoms with Gasteiger partial charge in [-0.25, -0.2) is 0 Å². The minimum atomic E-state index is -0.904. The van der Waals surface area contributed by atoms with Gasteiger partial charge in [0.05, 0.1) is 19.8 Å². The Bertz CT molecular complexity index is 979. The molecule has 0 saturated carbocycles. The van der Waals surface area contributed by atoms with Gasteiger partial charge in [-0.3, -0.25) is 19.2 Å². The highest BCUT2D eigenvalue weighted by atomic mass is 16.5. The molecule has 0 bridgehead atoms. The number of carbonyl (C=O) groups excluding carboxylic acids is 3. The highest BCUT2D eigenvalue weighted by Gasteiger charge is 2.30. The molecule has 156 valence electrons. The van der Waals surface area contributed by atoms with Crippen molar-refractivity contribution in [2.75, 3.05) is 19.8 Å². The lowest BCUT2D eigenvalue weighted by Crippen LogP contribution is -2.21. The molecule has 0 aliphatic heterocycles. The Morgan fingerprint density at radius 2 is 1.33 bits per heavy atom. The number of hydrogen-bond acceptors (Lipinski definition) is 7. The first kappa shape index (κ1) is 21.0. The molecule has 8 heteroatoms. The fourth-order valence-electron chi connectivity index (χ4n) is 3.08. The fourth-order valence-corrected chi connectivity index (χ4v) is 3.08. The summed E-state index contributed by atoms with van der Waals surface area (Å²) in [7, 11) is 0. The van der Waals surface area contributed by atoms with E-state index in [2.05, 4.69) is 4.74 Å². The predicted molar refractivity (Wildman–Crippen MR) is 104 cm³/mol. The molecular formula is C22H20O8. The molecule has 1 N–H and O–H groups in total. The van der Waals surface area contributed by atoms with Crippen molar-refractivity contribution in [1.82, 2.24) is 0 Å². The molecule has 0 unspecified atom stereocenters. The van der Waals surface area contributed by atoms with E-state index >= 15 is 0 Å². The normalized spacial score (nSPS) is 12.0. The molecule has 30 heavy (non-hydrogen) atoms. The molecule has 3 rings (SSSR count). The fraction of sp³-hybridized carbons (Fsp3) is 0.273. The zero-order chi connectivity index (χ0) is 21.5. The van der Waals surface area contributed by atoms with E-state index < -0.39 is 5.97 Å². The molecule has 1 aliphatic rings. The van der Waals surface area contributed by atoms with Crippen molar-refractivity contribution in [2.24, 2.45) is 0 Å². The largest absolute Gasteiger partial charge is 0.494 e. The van der Waals surface area contributed by atoms with Crippen molar-refractivity contribution in [1.29, 1.82) is 0 Å². The van der Waals surface area contributed by atoms with Crippen LogP contribution in [0.3, 0.4) is 0 Å². The maximum Gasteiger partial charge on any atom is 0.303 e. The van der Waals surface area contributed by atoms with E-state index in [1.165, 1.54) is 18.2 Å². The number of hydrogen-bond donors (Lipinski definition) is 1. The van der Waals surface area contributed by atoms with Gasteiger partial charge in [-0.2, -0.15) is 0 Å². The van der Waals surface area contributed by atoms with E-state index in [9.17, 15) is 19.2 Å². The predicted octanol–water partition coefficient (Wildman–Crippen LogP) is 2.65. The zero-order valence-corrected chi connectivity index (χ0v) is 16.1. The van der Waals surface area contributed by atoms with Crippen molar-refractivity contribution in [3.63, 3.8) is 0 Å². The highest BCUT2D eigenvalue weighted by molar-refractivity contribution is 6.28. The van der Waals surface area contributed by atoms with Crippen LogP contribution in [0, 0.1) is 0 Å². The van der Waals surface area contributed by atoms with Crippen molar-refractivity contribution >= 4 is 24.0 Å². The Labute approximate surface area is 172 Å². The first-order chi connectivity index (χ1) is 14.5. The minimum absolute atomic E-state index is 0.00967. The standard InChI is InChI=1S/C22H20O8/c23-13-28-8-2-10-30-15-5-7-17-19(12-15)22(27)16-6-4-14(11-18(16)21(17)26)29-9-1-3-20(24)25/h4-7,11-13H,1-3,8-10H2,(H,24,25). The molecule has 0 heterocycles. The summed E-state index contributed by atoms with van der Waals surface area (Å²) < 4.78 is 15.7. The molecule has 8 nitrogen and oxygen atoms in total. The van der Waals surface area contributed by atoms with Crippen molar-refractivity contribution < 1.29 is 38.5 Å². The molecular weight excluding hydrogens is 392 g/mol. The Balaban J connectivity index is 1.72. The smallest absolute Gasteiger partial charge is 0.303 e. The van der Waals surface area contributed by atoms with E-state index in [-0.39, 0.29) is 53.5 Å². The number of benzene rings is 2.